The SMILES string of the molecule is COc1cc(B2OC(C)(C)C(C)(C)O2)ccc1NC(=O)CC1CC1(F)F. The van der Waals surface area contributed by atoms with Crippen molar-refractivity contribution in [3.05, 3.63) is 18.2 Å². The van der Waals surface area contributed by atoms with Crippen LogP contribution < -0.4 is 15.5 Å². The third-order valence-corrected chi connectivity index (χ3v) is 5.41. The lowest BCUT2D eigenvalue weighted by Gasteiger charge is -2.32. The van der Waals surface area contributed by atoms with Crippen molar-refractivity contribution in [1.82, 2.24) is 0 Å². The van der Waals surface area contributed by atoms with E-state index in [1.165, 1.54) is 7.11 Å². The molecule has 1 atom stereocenters. The van der Waals surface area contributed by atoms with E-state index in [0.29, 0.717) is 11.4 Å². The lowest BCUT2D eigenvalue weighted by atomic mass is 9.79. The van der Waals surface area contributed by atoms with E-state index in [4.69, 9.17) is 14.0 Å². The number of anilines is 1. The fourth-order valence-corrected chi connectivity index (χ4v) is 2.85. The summed E-state index contributed by atoms with van der Waals surface area (Å²) in [6.45, 7) is 7.86. The third-order valence-electron chi connectivity index (χ3n) is 5.41. The molecule has 2 fully saturated rings. The lowest BCUT2D eigenvalue weighted by Crippen LogP contribution is -2.41. The van der Waals surface area contributed by atoms with Gasteiger partial charge in [0, 0.05) is 18.8 Å². The van der Waals surface area contributed by atoms with Crippen LogP contribution in [-0.2, 0) is 14.1 Å². The molecule has 1 heterocycles. The van der Waals surface area contributed by atoms with E-state index >= 15 is 0 Å². The predicted octanol–water partition coefficient (Wildman–Crippen LogP) is 2.98. The number of carbonyl (C=O) groups is 1. The first-order chi connectivity index (χ1) is 11.9. The average molecular weight is 367 g/mol. The first-order valence-corrected chi connectivity index (χ1v) is 8.66. The van der Waals surface area contributed by atoms with Gasteiger partial charge in [0.2, 0.25) is 5.91 Å². The van der Waals surface area contributed by atoms with E-state index in [2.05, 4.69) is 5.32 Å². The Bertz CT molecular complexity index is 707. The van der Waals surface area contributed by atoms with Crippen LogP contribution in [0.5, 0.6) is 5.75 Å². The zero-order valence-electron chi connectivity index (χ0n) is 15.7. The Morgan fingerprint density at radius 2 is 1.85 bits per heavy atom. The molecule has 8 heteroatoms. The maximum Gasteiger partial charge on any atom is 0.494 e. The number of hydrogen-bond donors (Lipinski definition) is 1. The smallest absolute Gasteiger partial charge is 0.494 e. The molecule has 0 radical (unpaired) electrons. The van der Waals surface area contributed by atoms with Gasteiger partial charge in [0.25, 0.3) is 5.92 Å². The van der Waals surface area contributed by atoms with Gasteiger partial charge in [-0.05, 0) is 45.3 Å². The minimum absolute atomic E-state index is 0.199. The van der Waals surface area contributed by atoms with Gasteiger partial charge in [-0.15, -0.1) is 0 Å². The number of amides is 1. The molecule has 0 spiro atoms. The lowest BCUT2D eigenvalue weighted by molar-refractivity contribution is -0.117. The summed E-state index contributed by atoms with van der Waals surface area (Å²) in [5.41, 5.74) is 0.259. The number of benzene rings is 1. The molecule has 1 aromatic rings. The van der Waals surface area contributed by atoms with Crippen molar-refractivity contribution in [1.29, 1.82) is 0 Å². The van der Waals surface area contributed by atoms with E-state index in [1.54, 1.807) is 18.2 Å². The first-order valence-electron chi connectivity index (χ1n) is 8.66. The highest BCUT2D eigenvalue weighted by Crippen LogP contribution is 2.50. The molecular weight excluding hydrogens is 343 g/mol. The molecule has 1 aromatic carbocycles. The molecule has 3 rings (SSSR count). The van der Waals surface area contributed by atoms with Crippen molar-refractivity contribution in [2.45, 2.75) is 57.7 Å². The van der Waals surface area contributed by atoms with Gasteiger partial charge in [-0.1, -0.05) is 6.07 Å². The molecule has 1 N–H and O–H groups in total. The number of nitrogens with one attached hydrogen (secondary N) is 1. The Labute approximate surface area is 152 Å². The van der Waals surface area contributed by atoms with Crippen LogP contribution >= 0.6 is 0 Å². The standard InChI is InChI=1S/C18H24BF2NO4/c1-16(2)17(3,4)26-19(25-16)12-6-7-13(14(9-12)24-5)22-15(23)8-11-10-18(11,20)21/h6-7,9,11H,8,10H2,1-5H3,(H,22,23). The Kier molecular flexibility index (Phi) is 4.56. The number of alkyl halides is 2. The fraction of sp³-hybridized carbons (Fsp3) is 0.611. The van der Waals surface area contributed by atoms with Crippen LogP contribution in [0.3, 0.4) is 0 Å². The Balaban J connectivity index is 1.71. The molecule has 1 unspecified atom stereocenters. The summed E-state index contributed by atoms with van der Waals surface area (Å²) in [6.07, 6.45) is -0.423. The Morgan fingerprint density at radius 3 is 2.35 bits per heavy atom. The molecular formula is C18H24BF2NO4. The summed E-state index contributed by atoms with van der Waals surface area (Å²) >= 11 is 0. The van der Waals surface area contributed by atoms with Gasteiger partial charge in [0.1, 0.15) is 5.75 Å². The number of hydrogen-bond acceptors (Lipinski definition) is 4. The second kappa shape index (κ2) is 6.20. The van der Waals surface area contributed by atoms with Crippen LogP contribution in [0.4, 0.5) is 14.5 Å². The molecule has 0 aromatic heterocycles. The van der Waals surface area contributed by atoms with Crippen LogP contribution in [0.15, 0.2) is 18.2 Å². The zero-order valence-corrected chi connectivity index (χ0v) is 15.7. The van der Waals surface area contributed by atoms with Crippen molar-refractivity contribution in [2.24, 2.45) is 5.92 Å². The molecule has 1 amide bonds. The second-order valence-corrected chi connectivity index (χ2v) is 7.96. The van der Waals surface area contributed by atoms with E-state index in [-0.39, 0.29) is 12.8 Å². The van der Waals surface area contributed by atoms with Gasteiger partial charge >= 0.3 is 7.12 Å². The van der Waals surface area contributed by atoms with Crippen molar-refractivity contribution < 1.29 is 27.6 Å². The van der Waals surface area contributed by atoms with Crippen molar-refractivity contribution >= 4 is 24.2 Å². The summed E-state index contributed by atoms with van der Waals surface area (Å²) in [7, 11) is 0.928. The summed E-state index contributed by atoms with van der Waals surface area (Å²) in [5.74, 6) is -3.60. The molecule has 142 valence electrons. The number of rotatable bonds is 5. The Morgan fingerprint density at radius 1 is 1.27 bits per heavy atom. The first kappa shape index (κ1) is 19.1. The van der Waals surface area contributed by atoms with Crippen LogP contribution in [0.2, 0.25) is 0 Å². The van der Waals surface area contributed by atoms with E-state index in [0.717, 1.165) is 5.46 Å². The van der Waals surface area contributed by atoms with Gasteiger partial charge in [-0.2, -0.15) is 0 Å². The minimum atomic E-state index is -2.71. The molecule has 26 heavy (non-hydrogen) atoms. The monoisotopic (exact) mass is 367 g/mol. The summed E-state index contributed by atoms with van der Waals surface area (Å²) in [4.78, 5) is 12.0. The quantitative estimate of drug-likeness (QED) is 0.813. The summed E-state index contributed by atoms with van der Waals surface area (Å²) < 4.78 is 43.3. The number of methoxy groups -OCH3 is 1. The van der Waals surface area contributed by atoms with Gasteiger partial charge in [-0.3, -0.25) is 4.79 Å². The molecule has 0 bridgehead atoms. The normalized spacial score (nSPS) is 25.0. The molecule has 2 aliphatic rings. The van der Waals surface area contributed by atoms with Gasteiger partial charge in [0.05, 0.1) is 24.0 Å². The van der Waals surface area contributed by atoms with Crippen LogP contribution in [0.25, 0.3) is 0 Å². The maximum absolute atomic E-state index is 13.0. The van der Waals surface area contributed by atoms with Crippen molar-refractivity contribution in [2.75, 3.05) is 12.4 Å². The fourth-order valence-electron chi connectivity index (χ4n) is 2.85. The molecule has 1 aliphatic heterocycles. The molecule has 5 nitrogen and oxygen atoms in total. The van der Waals surface area contributed by atoms with Crippen LogP contribution in [0.1, 0.15) is 40.5 Å². The van der Waals surface area contributed by atoms with Crippen LogP contribution in [0, 0.1) is 5.92 Å². The topological polar surface area (TPSA) is 56.8 Å². The van der Waals surface area contributed by atoms with E-state index in [9.17, 15) is 13.6 Å². The maximum atomic E-state index is 13.0. The van der Waals surface area contributed by atoms with Crippen molar-refractivity contribution in [3.63, 3.8) is 0 Å². The number of ether oxygens (including phenoxy) is 1. The zero-order chi connectivity index (χ0) is 19.3. The van der Waals surface area contributed by atoms with E-state index < -0.39 is 36.1 Å². The van der Waals surface area contributed by atoms with Crippen LogP contribution in [-0.4, -0.2) is 37.3 Å². The molecule has 1 aliphatic carbocycles. The second-order valence-electron chi connectivity index (χ2n) is 7.96. The number of halogens is 2. The van der Waals surface area contributed by atoms with Gasteiger partial charge in [-0.25, -0.2) is 8.78 Å². The largest absolute Gasteiger partial charge is 0.495 e. The number of carbonyl (C=O) groups excluding carboxylic acids is 1. The average Bonchev–Trinajstić information content (AvgIpc) is 3.04. The summed E-state index contributed by atoms with van der Waals surface area (Å²) in [5, 5.41) is 2.64. The van der Waals surface area contributed by atoms with E-state index in [1.807, 2.05) is 27.7 Å². The highest BCUT2D eigenvalue weighted by Gasteiger charge is 2.57. The highest BCUT2D eigenvalue weighted by atomic mass is 19.3. The predicted molar refractivity (Wildman–Crippen MR) is 95.0 cm³/mol. The molecule has 1 saturated heterocycles. The summed E-state index contributed by atoms with van der Waals surface area (Å²) in [6, 6.07) is 5.16. The van der Waals surface area contributed by atoms with Gasteiger partial charge in [0.15, 0.2) is 0 Å². The highest BCUT2D eigenvalue weighted by molar-refractivity contribution is 6.62. The van der Waals surface area contributed by atoms with Gasteiger partial charge < -0.3 is 19.4 Å². The van der Waals surface area contributed by atoms with Crippen molar-refractivity contribution in [3.8, 4) is 5.75 Å². The molecule has 1 saturated carbocycles. The minimum Gasteiger partial charge on any atom is -0.495 e. The Hall–Kier alpha value is -1.67. The third kappa shape index (κ3) is 3.57.